The Hall–Kier alpha value is -2.15. The van der Waals surface area contributed by atoms with Crippen LogP contribution >= 0.6 is 0 Å². The van der Waals surface area contributed by atoms with Gasteiger partial charge in [0.1, 0.15) is 5.69 Å². The van der Waals surface area contributed by atoms with Gasteiger partial charge in [0.05, 0.1) is 34.7 Å². The van der Waals surface area contributed by atoms with Crippen molar-refractivity contribution < 1.29 is 9.66 Å². The van der Waals surface area contributed by atoms with Gasteiger partial charge in [0, 0.05) is 25.8 Å². The molecule has 2 saturated heterocycles. The van der Waals surface area contributed by atoms with Crippen LogP contribution in [0.3, 0.4) is 0 Å². The minimum atomic E-state index is -0.261. The molecule has 3 fully saturated rings. The number of aromatic nitrogens is 2. The van der Waals surface area contributed by atoms with Crippen molar-refractivity contribution in [1.82, 2.24) is 9.78 Å². The maximum Gasteiger partial charge on any atom is 0.293 e. The van der Waals surface area contributed by atoms with Gasteiger partial charge in [-0.2, -0.15) is 5.10 Å². The monoisotopic (exact) mass is 328 g/mol. The number of anilines is 1. The van der Waals surface area contributed by atoms with E-state index in [4.69, 9.17) is 4.74 Å². The molecule has 1 aromatic heterocycles. The Morgan fingerprint density at radius 2 is 2.21 bits per heavy atom. The zero-order valence-corrected chi connectivity index (χ0v) is 13.5. The van der Waals surface area contributed by atoms with Crippen LogP contribution in [-0.2, 0) is 4.74 Å². The second-order valence-electron chi connectivity index (χ2n) is 7.40. The molecule has 0 unspecified atom stereocenters. The summed E-state index contributed by atoms with van der Waals surface area (Å²) in [6.07, 6.45) is 6.40. The highest BCUT2D eigenvalue weighted by Gasteiger charge is 2.48. The predicted octanol–water partition coefficient (Wildman–Crippen LogP) is 2.90. The number of nitrogens with zero attached hydrogens (tertiary/aromatic N) is 4. The summed E-state index contributed by atoms with van der Waals surface area (Å²) >= 11 is 0. The summed E-state index contributed by atoms with van der Waals surface area (Å²) in [5.74, 6) is 0. The molecule has 3 heterocycles. The Balaban J connectivity index is 1.64. The number of rotatable bonds is 3. The molecule has 5 rings (SSSR count). The van der Waals surface area contributed by atoms with E-state index in [9.17, 15) is 10.1 Å². The maximum atomic E-state index is 11.6. The average Bonchev–Trinajstić information content (AvgIpc) is 3.00. The number of ether oxygens (including phenoxy) is 1. The van der Waals surface area contributed by atoms with Gasteiger partial charge in [0.25, 0.3) is 5.69 Å². The van der Waals surface area contributed by atoms with E-state index in [1.54, 1.807) is 12.3 Å². The molecule has 0 amide bonds. The lowest BCUT2D eigenvalue weighted by Gasteiger charge is -2.20. The van der Waals surface area contributed by atoms with Crippen LogP contribution in [0.5, 0.6) is 0 Å². The molecule has 1 spiro atoms. The van der Waals surface area contributed by atoms with Crippen molar-refractivity contribution >= 4 is 22.3 Å². The topological polar surface area (TPSA) is 73.4 Å². The summed E-state index contributed by atoms with van der Waals surface area (Å²) in [5, 5.41) is 17.0. The number of nitro groups is 1. The molecular formula is C17H20N4O3. The van der Waals surface area contributed by atoms with E-state index < -0.39 is 0 Å². The van der Waals surface area contributed by atoms with Crippen LogP contribution in [0.15, 0.2) is 18.3 Å². The van der Waals surface area contributed by atoms with E-state index in [2.05, 4.69) is 10.00 Å². The lowest BCUT2D eigenvalue weighted by Crippen LogP contribution is -2.21. The summed E-state index contributed by atoms with van der Waals surface area (Å²) in [6.45, 7) is 3.25. The Bertz CT molecular complexity index is 821. The van der Waals surface area contributed by atoms with Crippen molar-refractivity contribution in [1.29, 1.82) is 0 Å². The molecule has 2 aliphatic heterocycles. The van der Waals surface area contributed by atoms with Gasteiger partial charge < -0.3 is 9.64 Å². The number of hydrogen-bond acceptors (Lipinski definition) is 5. The van der Waals surface area contributed by atoms with E-state index in [1.165, 1.54) is 12.8 Å². The fourth-order valence-corrected chi connectivity index (χ4v) is 4.29. The van der Waals surface area contributed by atoms with Gasteiger partial charge in [-0.25, -0.2) is 0 Å². The highest BCUT2D eigenvalue weighted by Crippen LogP contribution is 2.54. The molecule has 1 aliphatic carbocycles. The first-order valence-electron chi connectivity index (χ1n) is 8.64. The van der Waals surface area contributed by atoms with Gasteiger partial charge in [-0.1, -0.05) is 0 Å². The summed E-state index contributed by atoms with van der Waals surface area (Å²) in [4.78, 5) is 13.5. The number of hydrogen-bond donors (Lipinski definition) is 0. The van der Waals surface area contributed by atoms with Crippen molar-refractivity contribution in [3.05, 3.63) is 28.4 Å². The van der Waals surface area contributed by atoms with Gasteiger partial charge in [-0.3, -0.25) is 14.8 Å². The molecule has 2 aromatic rings. The van der Waals surface area contributed by atoms with Crippen LogP contribution in [0.2, 0.25) is 0 Å². The molecule has 126 valence electrons. The molecule has 0 radical (unpaired) electrons. The maximum absolute atomic E-state index is 11.6. The third-order valence-electron chi connectivity index (χ3n) is 5.89. The number of nitro benzene ring substituents is 1. The first-order valence-corrected chi connectivity index (χ1v) is 8.64. The van der Waals surface area contributed by atoms with Gasteiger partial charge >= 0.3 is 0 Å². The van der Waals surface area contributed by atoms with Crippen LogP contribution in [0, 0.1) is 15.5 Å². The molecule has 24 heavy (non-hydrogen) atoms. The summed E-state index contributed by atoms with van der Waals surface area (Å²) in [5.41, 5.74) is 2.35. The summed E-state index contributed by atoms with van der Waals surface area (Å²) < 4.78 is 7.46. The van der Waals surface area contributed by atoms with E-state index in [-0.39, 0.29) is 16.7 Å². The average molecular weight is 328 g/mol. The van der Waals surface area contributed by atoms with Crippen LogP contribution in [0.4, 0.5) is 11.4 Å². The molecule has 1 atom stereocenters. The van der Waals surface area contributed by atoms with Gasteiger partial charge in [0.15, 0.2) is 0 Å². The van der Waals surface area contributed by atoms with E-state index in [0.29, 0.717) is 12.0 Å². The molecule has 0 bridgehead atoms. The van der Waals surface area contributed by atoms with Gasteiger partial charge in [-0.15, -0.1) is 0 Å². The van der Waals surface area contributed by atoms with Gasteiger partial charge in [0.2, 0.25) is 0 Å². The van der Waals surface area contributed by atoms with Gasteiger partial charge in [-0.05, 0) is 37.2 Å². The Morgan fingerprint density at radius 1 is 1.33 bits per heavy atom. The molecular weight excluding hydrogens is 308 g/mol. The molecule has 1 aromatic carbocycles. The molecule has 1 saturated carbocycles. The second-order valence-corrected chi connectivity index (χ2v) is 7.40. The molecule has 7 heteroatoms. The van der Waals surface area contributed by atoms with E-state index >= 15 is 0 Å². The first kappa shape index (κ1) is 14.2. The van der Waals surface area contributed by atoms with E-state index in [0.717, 1.165) is 49.1 Å². The SMILES string of the molecule is O=[N+]([O-])c1ccc2c(cnn2[C@H]2CCOC2)c1N1CCC2(CC2)C1. The number of benzene rings is 1. The largest absolute Gasteiger partial charge is 0.379 e. The lowest BCUT2D eigenvalue weighted by molar-refractivity contribution is -0.384. The quantitative estimate of drug-likeness (QED) is 0.640. The molecule has 7 nitrogen and oxygen atoms in total. The smallest absolute Gasteiger partial charge is 0.293 e. The van der Waals surface area contributed by atoms with Crippen LogP contribution < -0.4 is 4.90 Å². The van der Waals surface area contributed by atoms with Crippen LogP contribution in [0.25, 0.3) is 10.9 Å². The predicted molar refractivity (Wildman–Crippen MR) is 89.4 cm³/mol. The highest BCUT2D eigenvalue weighted by molar-refractivity contribution is 5.97. The standard InChI is InChI=1S/C17H20N4O3/c22-21(23)15-2-1-14-13(9-18-20(14)12-3-8-24-10-12)16(15)19-7-6-17(11-19)4-5-17/h1-2,9,12H,3-8,10-11H2/t12-/m0/s1. The lowest BCUT2D eigenvalue weighted by atomic mass is 10.1. The Kier molecular flexibility index (Phi) is 2.92. The zero-order chi connectivity index (χ0) is 16.3. The third-order valence-corrected chi connectivity index (χ3v) is 5.89. The van der Waals surface area contributed by atoms with Crippen LogP contribution in [-0.4, -0.2) is 41.0 Å². The van der Waals surface area contributed by atoms with Crippen LogP contribution in [0.1, 0.15) is 31.7 Å². The Labute approximate surface area is 139 Å². The van der Waals surface area contributed by atoms with Crippen molar-refractivity contribution in [2.24, 2.45) is 5.41 Å². The minimum Gasteiger partial charge on any atom is -0.379 e. The van der Waals surface area contributed by atoms with Crippen molar-refractivity contribution in [2.45, 2.75) is 31.7 Å². The third kappa shape index (κ3) is 2.04. The van der Waals surface area contributed by atoms with Crippen molar-refractivity contribution in [3.8, 4) is 0 Å². The van der Waals surface area contributed by atoms with E-state index in [1.807, 2.05) is 10.7 Å². The zero-order valence-electron chi connectivity index (χ0n) is 13.5. The second kappa shape index (κ2) is 4.92. The normalized spacial score (nSPS) is 25.0. The Morgan fingerprint density at radius 3 is 2.88 bits per heavy atom. The number of fused-ring (bicyclic) bond motifs is 1. The summed E-state index contributed by atoms with van der Waals surface area (Å²) in [7, 11) is 0. The molecule has 0 N–H and O–H groups in total. The van der Waals surface area contributed by atoms with Crippen molar-refractivity contribution in [3.63, 3.8) is 0 Å². The highest BCUT2D eigenvalue weighted by atomic mass is 16.6. The summed E-state index contributed by atoms with van der Waals surface area (Å²) in [6, 6.07) is 3.71. The fraction of sp³-hybridized carbons (Fsp3) is 0.588. The minimum absolute atomic E-state index is 0.197. The van der Waals surface area contributed by atoms with Crippen molar-refractivity contribution in [2.75, 3.05) is 31.2 Å². The first-order chi connectivity index (χ1) is 11.7. The fourth-order valence-electron chi connectivity index (χ4n) is 4.29. The molecule has 3 aliphatic rings.